The summed E-state index contributed by atoms with van der Waals surface area (Å²) in [6, 6.07) is 4.32. The Morgan fingerprint density at radius 2 is 2.18 bits per heavy atom. The SMILES string of the molecule is C=CCOCC1CN(Cc2ccsc2)Cc2ccnn2C1.O=C(O)C(F)(F)F. The molecule has 10 heteroatoms. The van der Waals surface area contributed by atoms with E-state index in [1.807, 2.05) is 6.20 Å². The second-order valence-corrected chi connectivity index (χ2v) is 7.08. The molecule has 0 amide bonds. The molecule has 154 valence electrons. The molecule has 28 heavy (non-hydrogen) atoms. The molecule has 0 aliphatic carbocycles. The fourth-order valence-corrected chi connectivity index (χ4v) is 3.46. The molecule has 0 spiro atoms. The minimum Gasteiger partial charge on any atom is -0.475 e. The summed E-state index contributed by atoms with van der Waals surface area (Å²) in [7, 11) is 0. The molecule has 0 fully saturated rings. The summed E-state index contributed by atoms with van der Waals surface area (Å²) in [6.07, 6.45) is -1.38. The van der Waals surface area contributed by atoms with Gasteiger partial charge < -0.3 is 9.84 Å². The molecule has 1 aliphatic rings. The van der Waals surface area contributed by atoms with Gasteiger partial charge in [0.1, 0.15) is 0 Å². The number of hydrogen-bond donors (Lipinski definition) is 1. The summed E-state index contributed by atoms with van der Waals surface area (Å²) < 4.78 is 39.5. The lowest BCUT2D eigenvalue weighted by molar-refractivity contribution is -0.192. The topological polar surface area (TPSA) is 67.6 Å². The van der Waals surface area contributed by atoms with Crippen molar-refractivity contribution < 1.29 is 27.8 Å². The van der Waals surface area contributed by atoms with Crippen molar-refractivity contribution in [2.45, 2.75) is 25.8 Å². The molecule has 2 aromatic heterocycles. The first-order chi connectivity index (χ1) is 13.3. The van der Waals surface area contributed by atoms with Crippen molar-refractivity contribution in [3.05, 3.63) is 53.0 Å². The van der Waals surface area contributed by atoms with E-state index in [1.54, 1.807) is 17.4 Å². The van der Waals surface area contributed by atoms with E-state index in [9.17, 15) is 13.2 Å². The predicted octanol–water partition coefficient (Wildman–Crippen LogP) is 3.41. The van der Waals surface area contributed by atoms with Crippen molar-refractivity contribution in [2.75, 3.05) is 19.8 Å². The monoisotopic (exact) mass is 417 g/mol. The molecule has 0 saturated heterocycles. The summed E-state index contributed by atoms with van der Waals surface area (Å²) in [5.74, 6) is -2.29. The Bertz CT molecular complexity index is 747. The lowest BCUT2D eigenvalue weighted by atomic mass is 10.1. The molecule has 0 radical (unpaired) electrons. The van der Waals surface area contributed by atoms with Crippen LogP contribution in [0.1, 0.15) is 11.3 Å². The van der Waals surface area contributed by atoms with Crippen molar-refractivity contribution in [3.63, 3.8) is 0 Å². The van der Waals surface area contributed by atoms with Gasteiger partial charge in [-0.25, -0.2) is 4.79 Å². The molecule has 1 unspecified atom stereocenters. The molecule has 0 aromatic carbocycles. The van der Waals surface area contributed by atoms with Gasteiger partial charge >= 0.3 is 12.1 Å². The van der Waals surface area contributed by atoms with Crippen molar-refractivity contribution in [1.29, 1.82) is 0 Å². The molecule has 6 nitrogen and oxygen atoms in total. The number of carbonyl (C=O) groups is 1. The van der Waals surface area contributed by atoms with E-state index in [0.29, 0.717) is 12.5 Å². The molecule has 1 atom stereocenters. The van der Waals surface area contributed by atoms with Crippen LogP contribution in [0.15, 0.2) is 41.7 Å². The van der Waals surface area contributed by atoms with Crippen LogP contribution in [0.25, 0.3) is 0 Å². The third-order valence-corrected chi connectivity index (χ3v) is 4.69. The maximum Gasteiger partial charge on any atom is 0.490 e. The lowest BCUT2D eigenvalue weighted by Gasteiger charge is -2.23. The molecule has 0 bridgehead atoms. The highest BCUT2D eigenvalue weighted by atomic mass is 32.1. The zero-order chi connectivity index (χ0) is 20.6. The Kier molecular flexibility index (Phi) is 8.21. The molecular formula is C18H22F3N3O3S. The van der Waals surface area contributed by atoms with Gasteiger partial charge in [-0.05, 0) is 28.5 Å². The number of fused-ring (bicyclic) bond motifs is 1. The van der Waals surface area contributed by atoms with Gasteiger partial charge in [0.15, 0.2) is 0 Å². The summed E-state index contributed by atoms with van der Waals surface area (Å²) in [5, 5.41) is 15.9. The van der Waals surface area contributed by atoms with Crippen molar-refractivity contribution >= 4 is 17.3 Å². The van der Waals surface area contributed by atoms with Crippen molar-refractivity contribution in [3.8, 4) is 0 Å². The summed E-state index contributed by atoms with van der Waals surface area (Å²) >= 11 is 1.76. The number of halogens is 3. The Balaban J connectivity index is 0.000000345. The van der Waals surface area contributed by atoms with Gasteiger partial charge in [-0.15, -0.1) is 6.58 Å². The van der Waals surface area contributed by atoms with Gasteiger partial charge in [-0.2, -0.15) is 29.6 Å². The third kappa shape index (κ3) is 7.10. The van der Waals surface area contributed by atoms with Crippen LogP contribution < -0.4 is 0 Å². The molecule has 3 rings (SSSR count). The van der Waals surface area contributed by atoms with E-state index in [4.69, 9.17) is 14.6 Å². The normalized spacial score (nSPS) is 17.2. The number of aliphatic carboxylic acids is 1. The predicted molar refractivity (Wildman–Crippen MR) is 98.9 cm³/mol. The molecule has 0 saturated carbocycles. The highest BCUT2D eigenvalue weighted by Gasteiger charge is 2.38. The molecule has 2 aromatic rings. The standard InChI is InChI=1S/C16H21N3OS.C2HF3O2/c1-2-6-20-12-15-9-18(8-14-4-7-21-13-14)11-16-3-5-17-19(16)10-15;3-2(4,5)1(6)7/h2-5,7,13,15H,1,6,8-12H2;(H,6,7). The Labute approximate surface area is 164 Å². The second-order valence-electron chi connectivity index (χ2n) is 6.30. The first kappa shape index (κ1) is 22.1. The van der Waals surface area contributed by atoms with Gasteiger partial charge in [0.05, 0.1) is 18.9 Å². The van der Waals surface area contributed by atoms with Crippen molar-refractivity contribution in [2.24, 2.45) is 5.92 Å². The second kappa shape index (κ2) is 10.4. The van der Waals surface area contributed by atoms with Crippen LogP contribution >= 0.6 is 11.3 Å². The Morgan fingerprint density at radius 3 is 2.79 bits per heavy atom. The van der Waals surface area contributed by atoms with Crippen LogP contribution in [0.5, 0.6) is 0 Å². The van der Waals surface area contributed by atoms with Crippen LogP contribution in [0.2, 0.25) is 0 Å². The third-order valence-electron chi connectivity index (χ3n) is 3.96. The fourth-order valence-electron chi connectivity index (χ4n) is 2.80. The number of thiophene rings is 1. The molecule has 1 aliphatic heterocycles. The molecule has 3 heterocycles. The average Bonchev–Trinajstić information content (AvgIpc) is 3.24. The number of hydrogen-bond acceptors (Lipinski definition) is 5. The largest absolute Gasteiger partial charge is 0.490 e. The van der Waals surface area contributed by atoms with E-state index in [0.717, 1.165) is 32.8 Å². The minimum atomic E-state index is -5.08. The number of ether oxygens (including phenoxy) is 1. The van der Waals surface area contributed by atoms with E-state index >= 15 is 0 Å². The van der Waals surface area contributed by atoms with Gasteiger partial charge in [-0.1, -0.05) is 6.08 Å². The highest BCUT2D eigenvalue weighted by Crippen LogP contribution is 2.19. The minimum absolute atomic E-state index is 0.463. The number of carboxylic acid groups (broad SMARTS) is 1. The number of carboxylic acids is 1. The van der Waals surface area contributed by atoms with Crippen molar-refractivity contribution in [1.82, 2.24) is 14.7 Å². The smallest absolute Gasteiger partial charge is 0.475 e. The van der Waals surface area contributed by atoms with Gasteiger partial charge in [-0.3, -0.25) is 9.58 Å². The zero-order valence-corrected chi connectivity index (χ0v) is 16.0. The summed E-state index contributed by atoms with van der Waals surface area (Å²) in [5.41, 5.74) is 2.68. The van der Waals surface area contributed by atoms with Gasteiger partial charge in [0, 0.05) is 38.3 Å². The maximum atomic E-state index is 10.6. The first-order valence-corrected chi connectivity index (χ1v) is 9.46. The Morgan fingerprint density at radius 1 is 1.43 bits per heavy atom. The average molecular weight is 417 g/mol. The fraction of sp³-hybridized carbons (Fsp3) is 0.444. The number of rotatable bonds is 6. The van der Waals surface area contributed by atoms with E-state index in [-0.39, 0.29) is 0 Å². The van der Waals surface area contributed by atoms with Crippen LogP contribution in [-0.4, -0.2) is 51.7 Å². The van der Waals surface area contributed by atoms with Crippen LogP contribution in [-0.2, 0) is 29.2 Å². The number of aromatic nitrogens is 2. The van der Waals surface area contributed by atoms with Crippen LogP contribution in [0, 0.1) is 5.92 Å². The lowest BCUT2D eigenvalue weighted by Crippen LogP contribution is -2.30. The van der Waals surface area contributed by atoms with Crippen LogP contribution in [0.3, 0.4) is 0 Å². The number of nitrogens with zero attached hydrogens (tertiary/aromatic N) is 3. The highest BCUT2D eigenvalue weighted by molar-refractivity contribution is 7.07. The van der Waals surface area contributed by atoms with E-state index in [2.05, 4.69) is 44.2 Å². The first-order valence-electron chi connectivity index (χ1n) is 8.52. The Hall–Kier alpha value is -2.17. The van der Waals surface area contributed by atoms with E-state index < -0.39 is 12.1 Å². The molecule has 1 N–H and O–H groups in total. The zero-order valence-electron chi connectivity index (χ0n) is 15.1. The van der Waals surface area contributed by atoms with Gasteiger partial charge in [0.25, 0.3) is 0 Å². The van der Waals surface area contributed by atoms with Gasteiger partial charge in [0.2, 0.25) is 0 Å². The van der Waals surface area contributed by atoms with E-state index in [1.165, 1.54) is 11.3 Å². The summed E-state index contributed by atoms with van der Waals surface area (Å²) in [4.78, 5) is 11.4. The maximum absolute atomic E-state index is 10.6. The molecular weight excluding hydrogens is 395 g/mol. The number of alkyl halides is 3. The summed E-state index contributed by atoms with van der Waals surface area (Å²) in [6.45, 7) is 8.99. The van der Waals surface area contributed by atoms with Crippen LogP contribution in [0.4, 0.5) is 13.2 Å². The quantitative estimate of drug-likeness (QED) is 0.576.